The van der Waals surface area contributed by atoms with Gasteiger partial charge in [0.1, 0.15) is 0 Å². The van der Waals surface area contributed by atoms with E-state index in [9.17, 15) is 4.79 Å². The molecule has 0 radical (unpaired) electrons. The molecule has 0 saturated heterocycles. The first-order valence-corrected chi connectivity index (χ1v) is 7.02. The van der Waals surface area contributed by atoms with Crippen LogP contribution in [0.15, 0.2) is 71.5 Å². The van der Waals surface area contributed by atoms with Crippen molar-refractivity contribution in [3.63, 3.8) is 0 Å². The second-order valence-corrected chi connectivity index (χ2v) is 4.74. The molecular formula is C18H14N4OU. The van der Waals surface area contributed by atoms with Gasteiger partial charge in [-0.1, -0.05) is 23.9 Å². The molecule has 4 rings (SSSR count). The Kier molecular flexibility index (Phi) is 6.42. The second kappa shape index (κ2) is 8.53. The van der Waals surface area contributed by atoms with E-state index in [-0.39, 0.29) is 36.7 Å². The standard InChI is InChI=1S/C12H9N4O.C6H5.U/c1-8-12-10(14-13-8)7-11(17)16(15-12)9-5-3-2-4-6-9;1-2-4-6-5-3-1;/h2-7,14H,1H2;1-5H;/q2*-1;+2. The third kappa shape index (κ3) is 4.16. The van der Waals surface area contributed by atoms with Crippen LogP contribution in [-0.2, 0) is 0 Å². The molecule has 2 aromatic heterocycles. The number of rotatable bonds is 1. The molecule has 24 heavy (non-hydrogen) atoms. The van der Waals surface area contributed by atoms with E-state index >= 15 is 0 Å². The van der Waals surface area contributed by atoms with Crippen molar-refractivity contribution < 1.29 is 31.1 Å². The largest absolute Gasteiger partial charge is 2.00 e. The van der Waals surface area contributed by atoms with Crippen molar-refractivity contribution in [2.75, 3.05) is 0 Å². The van der Waals surface area contributed by atoms with Crippen LogP contribution in [0.3, 0.4) is 0 Å². The molecule has 0 unspecified atom stereocenters. The Balaban J connectivity index is 0.000000254. The van der Waals surface area contributed by atoms with Gasteiger partial charge in [0.2, 0.25) is 0 Å². The number of benzene rings is 2. The first kappa shape index (κ1) is 18.1. The van der Waals surface area contributed by atoms with Gasteiger partial charge >= 0.3 is 31.1 Å². The summed E-state index contributed by atoms with van der Waals surface area (Å²) in [5.41, 5.74) is 2.26. The summed E-state index contributed by atoms with van der Waals surface area (Å²) in [5.74, 6) is 0. The quantitative estimate of drug-likeness (QED) is 0.378. The van der Waals surface area contributed by atoms with Crippen molar-refractivity contribution in [2.45, 2.75) is 0 Å². The fourth-order valence-corrected chi connectivity index (χ4v) is 2.03. The van der Waals surface area contributed by atoms with Crippen LogP contribution in [0.5, 0.6) is 0 Å². The van der Waals surface area contributed by atoms with E-state index in [1.807, 2.05) is 60.7 Å². The number of nitrogens with zero attached hydrogens (tertiary/aromatic N) is 3. The smallest absolute Gasteiger partial charge is 0.296 e. The zero-order valence-electron chi connectivity index (χ0n) is 12.8. The van der Waals surface area contributed by atoms with Crippen molar-refractivity contribution >= 4 is 11.0 Å². The van der Waals surface area contributed by atoms with E-state index < -0.39 is 0 Å². The molecule has 0 amide bonds. The number of para-hydroxylation sites is 1. The van der Waals surface area contributed by atoms with Gasteiger partial charge < -0.3 is 0 Å². The first-order chi connectivity index (χ1) is 11.3. The van der Waals surface area contributed by atoms with Crippen LogP contribution < -0.4 is 5.56 Å². The molecule has 2 heterocycles. The van der Waals surface area contributed by atoms with E-state index in [1.165, 1.54) is 10.7 Å². The number of hydrogen-bond donors (Lipinski definition) is 1. The van der Waals surface area contributed by atoms with Gasteiger partial charge in [0.25, 0.3) is 5.56 Å². The van der Waals surface area contributed by atoms with Crippen molar-refractivity contribution in [1.29, 1.82) is 0 Å². The predicted molar refractivity (Wildman–Crippen MR) is 89.2 cm³/mol. The maximum atomic E-state index is 11.9. The molecule has 5 nitrogen and oxygen atoms in total. The molecule has 0 atom stereocenters. The molecule has 6 heteroatoms. The Bertz CT molecular complexity index is 922. The molecule has 4 aromatic rings. The van der Waals surface area contributed by atoms with Gasteiger partial charge in [-0.15, -0.1) is 0 Å². The average Bonchev–Trinajstić information content (AvgIpc) is 2.97. The number of fused-ring (bicyclic) bond motifs is 1. The van der Waals surface area contributed by atoms with Crippen LogP contribution in [-0.4, -0.2) is 20.0 Å². The molecule has 0 aliphatic rings. The summed E-state index contributed by atoms with van der Waals surface area (Å²) in [6.07, 6.45) is 0. The fourth-order valence-electron chi connectivity index (χ4n) is 2.03. The minimum atomic E-state index is -0.202. The zero-order valence-corrected chi connectivity index (χ0v) is 17.0. The first-order valence-electron chi connectivity index (χ1n) is 7.02. The molecule has 0 fully saturated rings. The molecular weight excluding hydrogens is 526 g/mol. The maximum absolute atomic E-state index is 11.9. The van der Waals surface area contributed by atoms with Crippen LogP contribution in [0.2, 0.25) is 0 Å². The van der Waals surface area contributed by atoms with Gasteiger partial charge in [0.05, 0.1) is 5.69 Å². The molecule has 116 valence electrons. The summed E-state index contributed by atoms with van der Waals surface area (Å²) in [6.45, 7) is 3.75. The Morgan fingerprint density at radius 1 is 1.04 bits per heavy atom. The molecule has 1 N–H and O–H groups in total. The number of nitrogens with one attached hydrogen (secondary N) is 1. The second-order valence-electron chi connectivity index (χ2n) is 4.74. The molecule has 0 bridgehead atoms. The Labute approximate surface area is 163 Å². The van der Waals surface area contributed by atoms with E-state index in [0.29, 0.717) is 16.7 Å². The summed E-state index contributed by atoms with van der Waals surface area (Å²) in [4.78, 5) is 11.9. The molecule has 0 aliphatic heterocycles. The Morgan fingerprint density at radius 3 is 2.29 bits per heavy atom. The molecule has 2 aromatic carbocycles. The van der Waals surface area contributed by atoms with Crippen molar-refractivity contribution in [3.05, 3.63) is 95.8 Å². The van der Waals surface area contributed by atoms with Gasteiger partial charge in [-0.05, 0) is 17.6 Å². The Hall–Kier alpha value is -2.29. The van der Waals surface area contributed by atoms with E-state index in [2.05, 4.69) is 28.3 Å². The van der Waals surface area contributed by atoms with Gasteiger partial charge in [-0.2, -0.15) is 36.4 Å². The summed E-state index contributed by atoms with van der Waals surface area (Å²) in [6, 6.07) is 23.2. The van der Waals surface area contributed by atoms with Gasteiger partial charge in [0.15, 0.2) is 0 Å². The van der Waals surface area contributed by atoms with Crippen molar-refractivity contribution in [3.8, 4) is 5.69 Å². The third-order valence-electron chi connectivity index (χ3n) is 3.12. The van der Waals surface area contributed by atoms with E-state index in [4.69, 9.17) is 0 Å². The van der Waals surface area contributed by atoms with Gasteiger partial charge in [-0.25, -0.2) is 16.7 Å². The maximum Gasteiger partial charge on any atom is 2.00 e. The van der Waals surface area contributed by atoms with Gasteiger partial charge in [0, 0.05) is 11.6 Å². The van der Waals surface area contributed by atoms with Crippen LogP contribution in [0.25, 0.3) is 16.7 Å². The van der Waals surface area contributed by atoms with Gasteiger partial charge in [-0.3, -0.25) is 15.0 Å². The monoisotopic (exact) mass is 540 g/mol. The summed E-state index contributed by atoms with van der Waals surface area (Å²) < 4.78 is 1.34. The number of aromatic amines is 1. The zero-order chi connectivity index (χ0) is 16.1. The third-order valence-corrected chi connectivity index (χ3v) is 3.12. The van der Waals surface area contributed by atoms with E-state index in [1.54, 1.807) is 0 Å². The Morgan fingerprint density at radius 2 is 1.71 bits per heavy atom. The molecule has 0 spiro atoms. The van der Waals surface area contributed by atoms with Crippen LogP contribution in [0.4, 0.5) is 0 Å². The van der Waals surface area contributed by atoms with Crippen LogP contribution >= 0.6 is 0 Å². The summed E-state index contributed by atoms with van der Waals surface area (Å²) in [7, 11) is 0. The molecule has 0 aliphatic carbocycles. The average molecular weight is 540 g/mol. The summed E-state index contributed by atoms with van der Waals surface area (Å²) in [5, 5.41) is 10.9. The van der Waals surface area contributed by atoms with Crippen molar-refractivity contribution in [2.24, 2.45) is 0 Å². The normalized spacial score (nSPS) is 9.67. The van der Waals surface area contributed by atoms with E-state index in [0.717, 1.165) is 5.69 Å². The number of hydrogen-bond acceptors (Lipinski definition) is 3. The number of H-pyrrole nitrogens is 1. The fraction of sp³-hybridized carbons (Fsp3) is 0. The van der Waals surface area contributed by atoms with Crippen LogP contribution in [0, 0.1) is 44.1 Å². The predicted octanol–water partition coefficient (Wildman–Crippen LogP) is 2.78. The minimum Gasteiger partial charge on any atom is -0.296 e. The van der Waals surface area contributed by atoms with Crippen molar-refractivity contribution in [1.82, 2.24) is 20.0 Å². The van der Waals surface area contributed by atoms with Crippen LogP contribution in [0.1, 0.15) is 5.69 Å². The summed E-state index contributed by atoms with van der Waals surface area (Å²) >= 11 is 0. The SMILES string of the molecule is [CH2-]c1n[nH]c2cc(=O)n(-c3ccccc3)nc12.[U+2].[c-]1ccccc1. The molecule has 0 saturated carbocycles. The minimum absolute atomic E-state index is 0. The topological polar surface area (TPSA) is 63.6 Å². The number of aromatic nitrogens is 4.